The molecular formula is C37H75N2O6P. The molecule has 0 radical (unpaired) electrons. The summed E-state index contributed by atoms with van der Waals surface area (Å²) in [4.78, 5) is 25.0. The fourth-order valence-electron chi connectivity index (χ4n) is 5.39. The summed E-state index contributed by atoms with van der Waals surface area (Å²) >= 11 is 0. The van der Waals surface area contributed by atoms with Crippen LogP contribution in [0.25, 0.3) is 0 Å². The fraction of sp³-hybridized carbons (Fsp3) is 0.919. The zero-order chi connectivity index (χ0) is 34.4. The van der Waals surface area contributed by atoms with Gasteiger partial charge in [0, 0.05) is 6.42 Å². The summed E-state index contributed by atoms with van der Waals surface area (Å²) in [5.74, 6) is -0.203. The van der Waals surface area contributed by atoms with Gasteiger partial charge in [0.2, 0.25) is 5.91 Å². The van der Waals surface area contributed by atoms with Crippen molar-refractivity contribution in [2.45, 2.75) is 180 Å². The number of aliphatic hydroxyl groups excluding tert-OH is 1. The minimum Gasteiger partial charge on any atom is -0.756 e. The van der Waals surface area contributed by atoms with Crippen LogP contribution in [0.3, 0.4) is 0 Å². The lowest BCUT2D eigenvalue weighted by molar-refractivity contribution is -0.870. The molecule has 9 heteroatoms. The zero-order valence-corrected chi connectivity index (χ0v) is 31.7. The van der Waals surface area contributed by atoms with Gasteiger partial charge in [0.1, 0.15) is 13.2 Å². The van der Waals surface area contributed by atoms with Gasteiger partial charge >= 0.3 is 0 Å². The van der Waals surface area contributed by atoms with E-state index in [1.54, 1.807) is 6.08 Å². The highest BCUT2D eigenvalue weighted by Gasteiger charge is 2.23. The fourth-order valence-corrected chi connectivity index (χ4v) is 6.11. The number of carbonyl (C=O) groups excluding carboxylic acids is 1. The molecule has 0 aromatic carbocycles. The number of hydrogen-bond donors (Lipinski definition) is 2. The van der Waals surface area contributed by atoms with Crippen LogP contribution in [0, 0.1) is 0 Å². The van der Waals surface area contributed by atoms with Gasteiger partial charge in [0.15, 0.2) is 0 Å². The Morgan fingerprint density at radius 3 is 1.63 bits per heavy atom. The standard InChI is InChI=1S/C37H75N2O6P/c1-6-8-10-12-14-16-17-18-19-20-21-22-23-24-26-28-30-36(40)35(34-45-46(42,43)44-33-32-39(3,4)5)38-37(41)31-29-27-25-15-13-11-9-7-2/h28,30,35-36,40H,6-27,29,31-34H2,1-5H3,(H-,38,41,42,43)/b30-28+. The van der Waals surface area contributed by atoms with Crippen molar-refractivity contribution in [2.24, 2.45) is 0 Å². The van der Waals surface area contributed by atoms with Crippen LogP contribution in [0.4, 0.5) is 0 Å². The van der Waals surface area contributed by atoms with Gasteiger partial charge < -0.3 is 28.8 Å². The van der Waals surface area contributed by atoms with Crippen molar-refractivity contribution >= 4 is 13.7 Å². The Hall–Kier alpha value is -0.760. The first kappa shape index (κ1) is 45.2. The SMILES string of the molecule is CCCCCCCCCCCCCCCC/C=C/C(O)C(COP(=O)([O-])OCC[N+](C)(C)C)NC(=O)CCCCCCCCCC. The highest BCUT2D eigenvalue weighted by atomic mass is 31.2. The first-order valence-corrected chi connectivity index (χ1v) is 20.5. The lowest BCUT2D eigenvalue weighted by Gasteiger charge is -2.29. The second-order valence-electron chi connectivity index (χ2n) is 14.3. The molecule has 8 nitrogen and oxygen atoms in total. The molecule has 0 aromatic heterocycles. The van der Waals surface area contributed by atoms with Gasteiger partial charge in [-0.15, -0.1) is 0 Å². The number of likely N-dealkylation sites (N-methyl/N-ethyl adjacent to an activating group) is 1. The maximum absolute atomic E-state index is 12.7. The summed E-state index contributed by atoms with van der Waals surface area (Å²) < 4.78 is 23.0. The molecular weight excluding hydrogens is 599 g/mol. The minimum absolute atomic E-state index is 0.00139. The van der Waals surface area contributed by atoms with Gasteiger partial charge in [0.05, 0.1) is 39.9 Å². The predicted octanol–water partition coefficient (Wildman–Crippen LogP) is 9.00. The molecule has 0 aliphatic carbocycles. The summed E-state index contributed by atoms with van der Waals surface area (Å²) in [6.45, 7) is 4.60. The van der Waals surface area contributed by atoms with E-state index in [1.807, 2.05) is 27.2 Å². The number of phosphoric ester groups is 1. The van der Waals surface area contributed by atoms with Gasteiger partial charge in [-0.25, -0.2) is 0 Å². The van der Waals surface area contributed by atoms with Crippen LogP contribution >= 0.6 is 7.82 Å². The Kier molecular flexibility index (Phi) is 29.8. The van der Waals surface area contributed by atoms with Crippen molar-refractivity contribution in [2.75, 3.05) is 40.9 Å². The third-order valence-electron chi connectivity index (χ3n) is 8.50. The van der Waals surface area contributed by atoms with Crippen LogP contribution in [0.15, 0.2) is 12.2 Å². The van der Waals surface area contributed by atoms with Crippen LogP contribution in [0.2, 0.25) is 0 Å². The molecule has 0 aliphatic heterocycles. The van der Waals surface area contributed by atoms with Crippen molar-refractivity contribution in [3.8, 4) is 0 Å². The maximum Gasteiger partial charge on any atom is 0.268 e. The second kappa shape index (κ2) is 30.3. The highest BCUT2D eigenvalue weighted by Crippen LogP contribution is 2.38. The summed E-state index contributed by atoms with van der Waals surface area (Å²) in [6.07, 6.45) is 31.1. The van der Waals surface area contributed by atoms with E-state index < -0.39 is 20.0 Å². The smallest absolute Gasteiger partial charge is 0.268 e. The van der Waals surface area contributed by atoms with Crippen molar-refractivity contribution in [1.29, 1.82) is 0 Å². The lowest BCUT2D eigenvalue weighted by atomic mass is 10.0. The Morgan fingerprint density at radius 1 is 0.739 bits per heavy atom. The quantitative estimate of drug-likeness (QED) is 0.0305. The van der Waals surface area contributed by atoms with Gasteiger partial charge in [-0.2, -0.15) is 0 Å². The number of quaternary nitrogens is 1. The van der Waals surface area contributed by atoms with Gasteiger partial charge in [-0.3, -0.25) is 9.36 Å². The van der Waals surface area contributed by atoms with E-state index in [-0.39, 0.29) is 19.1 Å². The number of hydrogen-bond acceptors (Lipinski definition) is 6. The molecule has 0 rings (SSSR count). The van der Waals surface area contributed by atoms with E-state index in [1.165, 1.54) is 109 Å². The number of aliphatic hydroxyl groups is 1. The van der Waals surface area contributed by atoms with E-state index in [0.717, 1.165) is 38.5 Å². The molecule has 0 heterocycles. The highest BCUT2D eigenvalue weighted by molar-refractivity contribution is 7.45. The molecule has 0 saturated carbocycles. The third-order valence-corrected chi connectivity index (χ3v) is 9.46. The number of nitrogens with zero attached hydrogens (tertiary/aromatic N) is 1. The number of nitrogens with one attached hydrogen (secondary N) is 1. The molecule has 0 saturated heterocycles. The average molecular weight is 675 g/mol. The van der Waals surface area contributed by atoms with Crippen LogP contribution < -0.4 is 10.2 Å². The van der Waals surface area contributed by atoms with Gasteiger partial charge in [-0.05, 0) is 19.3 Å². The van der Waals surface area contributed by atoms with E-state index in [4.69, 9.17) is 9.05 Å². The molecule has 0 spiro atoms. The van der Waals surface area contributed by atoms with Crippen molar-refractivity contribution in [3.63, 3.8) is 0 Å². The van der Waals surface area contributed by atoms with E-state index in [9.17, 15) is 19.4 Å². The van der Waals surface area contributed by atoms with Crippen LogP contribution in [0.1, 0.15) is 168 Å². The molecule has 274 valence electrons. The third kappa shape index (κ3) is 31.8. The number of carbonyl (C=O) groups is 1. The molecule has 0 aromatic rings. The van der Waals surface area contributed by atoms with Gasteiger partial charge in [-0.1, -0.05) is 154 Å². The Labute approximate surface area is 284 Å². The first-order valence-electron chi connectivity index (χ1n) is 19.1. The van der Waals surface area contributed by atoms with Crippen molar-refractivity contribution < 1.29 is 32.9 Å². The Balaban J connectivity index is 4.47. The number of phosphoric acid groups is 1. The minimum atomic E-state index is -4.57. The molecule has 0 fully saturated rings. The van der Waals surface area contributed by atoms with E-state index >= 15 is 0 Å². The van der Waals surface area contributed by atoms with Crippen LogP contribution in [-0.4, -0.2) is 68.5 Å². The number of unbranched alkanes of at least 4 members (excludes halogenated alkanes) is 21. The van der Waals surface area contributed by atoms with Gasteiger partial charge in [0.25, 0.3) is 7.82 Å². The molecule has 46 heavy (non-hydrogen) atoms. The predicted molar refractivity (Wildman–Crippen MR) is 192 cm³/mol. The van der Waals surface area contributed by atoms with Crippen molar-refractivity contribution in [3.05, 3.63) is 12.2 Å². The molecule has 3 unspecified atom stereocenters. The monoisotopic (exact) mass is 675 g/mol. The molecule has 0 bridgehead atoms. The molecule has 3 atom stereocenters. The Morgan fingerprint density at radius 2 is 1.17 bits per heavy atom. The zero-order valence-electron chi connectivity index (χ0n) is 30.8. The number of amides is 1. The van der Waals surface area contributed by atoms with Crippen LogP contribution in [-0.2, 0) is 18.4 Å². The van der Waals surface area contributed by atoms with E-state index in [2.05, 4.69) is 19.2 Å². The second-order valence-corrected chi connectivity index (χ2v) is 15.7. The Bertz CT molecular complexity index is 773. The topological polar surface area (TPSA) is 108 Å². The number of allylic oxidation sites excluding steroid dienone is 1. The lowest BCUT2D eigenvalue weighted by Crippen LogP contribution is -2.45. The summed E-state index contributed by atoms with van der Waals surface area (Å²) in [6, 6.07) is -0.876. The number of rotatable bonds is 34. The van der Waals surface area contributed by atoms with E-state index in [0.29, 0.717) is 17.4 Å². The first-order chi connectivity index (χ1) is 22.0. The largest absolute Gasteiger partial charge is 0.756 e. The summed E-state index contributed by atoms with van der Waals surface area (Å²) in [5, 5.41) is 13.7. The summed E-state index contributed by atoms with van der Waals surface area (Å²) in [5.41, 5.74) is 0. The van der Waals surface area contributed by atoms with Crippen molar-refractivity contribution in [1.82, 2.24) is 5.32 Å². The normalized spacial score (nSPS) is 14.8. The maximum atomic E-state index is 12.7. The summed E-state index contributed by atoms with van der Waals surface area (Å²) in [7, 11) is 1.26. The van der Waals surface area contributed by atoms with Crippen LogP contribution in [0.5, 0.6) is 0 Å². The average Bonchev–Trinajstić information content (AvgIpc) is 2.99. The molecule has 2 N–H and O–H groups in total. The molecule has 0 aliphatic rings. The molecule has 1 amide bonds.